The number of hydrogen-bond donors (Lipinski definition) is 2. The fraction of sp³-hybridized carbons (Fsp3) is 0.312. The van der Waals surface area contributed by atoms with E-state index in [9.17, 15) is 18.0 Å². The summed E-state index contributed by atoms with van der Waals surface area (Å²) in [6.07, 6.45) is 2.54. The SMILES string of the molecule is Cc1ccc(S(=O)(=O)N[C@@H](Cc2ccccc2)C(=O)NCCCn2cc(CN3C(=O)COC[C@H]3c3ccccc3)nn2)cc1. The van der Waals surface area contributed by atoms with E-state index in [-0.39, 0.29) is 29.9 Å². The van der Waals surface area contributed by atoms with Gasteiger partial charge >= 0.3 is 0 Å². The zero-order chi connectivity index (χ0) is 30.9. The predicted molar refractivity (Wildman–Crippen MR) is 164 cm³/mol. The first-order chi connectivity index (χ1) is 21.3. The Hall–Kier alpha value is -4.39. The molecule has 1 aliphatic rings. The van der Waals surface area contributed by atoms with Crippen molar-refractivity contribution in [2.24, 2.45) is 0 Å². The van der Waals surface area contributed by atoms with Crippen molar-refractivity contribution < 1.29 is 22.7 Å². The Kier molecular flexibility index (Phi) is 10.2. The van der Waals surface area contributed by atoms with Crippen LogP contribution in [0.5, 0.6) is 0 Å². The zero-order valence-electron chi connectivity index (χ0n) is 24.5. The molecule has 1 fully saturated rings. The lowest BCUT2D eigenvalue weighted by Crippen LogP contribution is -2.48. The van der Waals surface area contributed by atoms with Gasteiger partial charge < -0.3 is 15.0 Å². The average molecular weight is 617 g/mol. The van der Waals surface area contributed by atoms with Gasteiger partial charge in [0, 0.05) is 13.1 Å². The van der Waals surface area contributed by atoms with Gasteiger partial charge in [-0.1, -0.05) is 83.6 Å². The van der Waals surface area contributed by atoms with Crippen molar-refractivity contribution in [1.82, 2.24) is 29.9 Å². The second-order valence-electron chi connectivity index (χ2n) is 10.8. The van der Waals surface area contributed by atoms with Crippen LogP contribution in [-0.2, 0) is 43.9 Å². The van der Waals surface area contributed by atoms with E-state index in [2.05, 4.69) is 20.4 Å². The average Bonchev–Trinajstić information content (AvgIpc) is 3.48. The van der Waals surface area contributed by atoms with E-state index < -0.39 is 22.0 Å². The summed E-state index contributed by atoms with van der Waals surface area (Å²) >= 11 is 0. The summed E-state index contributed by atoms with van der Waals surface area (Å²) in [4.78, 5) is 27.7. The van der Waals surface area contributed by atoms with Crippen LogP contribution in [-0.4, -0.2) is 65.9 Å². The number of carbonyl (C=O) groups is 2. The van der Waals surface area contributed by atoms with Crippen molar-refractivity contribution in [2.45, 2.75) is 49.8 Å². The van der Waals surface area contributed by atoms with Crippen LogP contribution < -0.4 is 10.0 Å². The van der Waals surface area contributed by atoms with E-state index in [1.807, 2.05) is 67.6 Å². The third kappa shape index (κ3) is 8.16. The van der Waals surface area contributed by atoms with Crippen LogP contribution in [0, 0.1) is 6.92 Å². The fourth-order valence-electron chi connectivity index (χ4n) is 5.04. The fourth-order valence-corrected chi connectivity index (χ4v) is 6.23. The van der Waals surface area contributed by atoms with E-state index in [0.29, 0.717) is 38.4 Å². The number of rotatable bonds is 13. The van der Waals surface area contributed by atoms with E-state index >= 15 is 0 Å². The first-order valence-corrected chi connectivity index (χ1v) is 16.0. The maximum absolute atomic E-state index is 13.2. The molecule has 0 spiro atoms. The van der Waals surface area contributed by atoms with Crippen LogP contribution in [0.25, 0.3) is 0 Å². The minimum absolute atomic E-state index is 0.0314. The number of nitrogens with zero attached hydrogens (tertiary/aromatic N) is 4. The number of sulfonamides is 1. The molecule has 1 aliphatic heterocycles. The van der Waals surface area contributed by atoms with Gasteiger partial charge in [0.15, 0.2) is 0 Å². The predicted octanol–water partition coefficient (Wildman–Crippen LogP) is 2.78. The summed E-state index contributed by atoms with van der Waals surface area (Å²) in [5, 5.41) is 11.3. The maximum Gasteiger partial charge on any atom is 0.249 e. The normalized spacial score (nSPS) is 16.1. The molecule has 3 aromatic carbocycles. The third-order valence-electron chi connectivity index (χ3n) is 7.39. The van der Waals surface area contributed by atoms with Crippen molar-refractivity contribution in [2.75, 3.05) is 19.8 Å². The molecule has 0 saturated carbocycles. The Bertz CT molecular complexity index is 1650. The molecule has 1 saturated heterocycles. The topological polar surface area (TPSA) is 136 Å². The molecule has 4 aromatic rings. The highest BCUT2D eigenvalue weighted by molar-refractivity contribution is 7.89. The molecule has 0 aliphatic carbocycles. The highest BCUT2D eigenvalue weighted by Crippen LogP contribution is 2.26. The van der Waals surface area contributed by atoms with Gasteiger partial charge in [-0.3, -0.25) is 14.3 Å². The molecule has 11 nitrogen and oxygen atoms in total. The van der Waals surface area contributed by atoms with Crippen molar-refractivity contribution in [3.63, 3.8) is 0 Å². The molecule has 2 amide bonds. The van der Waals surface area contributed by atoms with Gasteiger partial charge in [0.25, 0.3) is 0 Å². The molecule has 2 atom stereocenters. The van der Waals surface area contributed by atoms with Gasteiger partial charge in [0.2, 0.25) is 21.8 Å². The molecule has 5 rings (SSSR count). The number of nitrogens with one attached hydrogen (secondary N) is 2. The quantitative estimate of drug-likeness (QED) is 0.221. The molecule has 12 heteroatoms. The van der Waals surface area contributed by atoms with Crippen LogP contribution in [0.3, 0.4) is 0 Å². The van der Waals surface area contributed by atoms with Crippen LogP contribution in [0.15, 0.2) is 96.0 Å². The van der Waals surface area contributed by atoms with Gasteiger partial charge in [0.1, 0.15) is 18.3 Å². The lowest BCUT2D eigenvalue weighted by atomic mass is 10.0. The standard InChI is InChI=1S/C32H36N6O5S/c1-24-13-15-28(16-14-24)44(41,42)35-29(19-25-9-4-2-5-10-25)32(40)33-17-8-18-37-20-27(34-36-37)21-38-30(22-43-23-31(38)39)26-11-6-3-7-12-26/h2-7,9-16,20,29-30,35H,8,17-19,21-23H2,1H3,(H,33,40)/t29-,30-/m0/s1. The first kappa shape index (κ1) is 31.0. The number of hydrogen-bond acceptors (Lipinski definition) is 7. The third-order valence-corrected chi connectivity index (χ3v) is 8.88. The van der Waals surface area contributed by atoms with Crippen molar-refractivity contribution in [1.29, 1.82) is 0 Å². The molecular weight excluding hydrogens is 580 g/mol. The van der Waals surface area contributed by atoms with E-state index in [4.69, 9.17) is 4.74 Å². The molecule has 44 heavy (non-hydrogen) atoms. The molecule has 0 bridgehead atoms. The van der Waals surface area contributed by atoms with Crippen LogP contribution in [0.1, 0.15) is 34.8 Å². The van der Waals surface area contributed by atoms with Crippen molar-refractivity contribution >= 4 is 21.8 Å². The number of ether oxygens (including phenoxy) is 1. The molecule has 2 N–H and O–H groups in total. The first-order valence-electron chi connectivity index (χ1n) is 14.5. The number of carbonyl (C=O) groups excluding carboxylic acids is 2. The Morgan fingerprint density at radius 3 is 2.45 bits per heavy atom. The van der Waals surface area contributed by atoms with Gasteiger partial charge in [-0.05, 0) is 43.0 Å². The van der Waals surface area contributed by atoms with Crippen LogP contribution in [0.2, 0.25) is 0 Å². The number of amides is 2. The highest BCUT2D eigenvalue weighted by atomic mass is 32.2. The molecule has 0 unspecified atom stereocenters. The van der Waals surface area contributed by atoms with Crippen LogP contribution >= 0.6 is 0 Å². The van der Waals surface area contributed by atoms with E-state index in [1.54, 1.807) is 27.9 Å². The maximum atomic E-state index is 13.2. The Morgan fingerprint density at radius 2 is 1.73 bits per heavy atom. The lowest BCUT2D eigenvalue weighted by molar-refractivity contribution is -0.149. The lowest BCUT2D eigenvalue weighted by Gasteiger charge is -2.35. The summed E-state index contributed by atoms with van der Waals surface area (Å²) in [5.74, 6) is -0.521. The molecule has 0 radical (unpaired) electrons. The van der Waals surface area contributed by atoms with Gasteiger partial charge in [-0.25, -0.2) is 8.42 Å². The second kappa shape index (κ2) is 14.4. The zero-order valence-corrected chi connectivity index (χ0v) is 25.3. The summed E-state index contributed by atoms with van der Waals surface area (Å²) in [6, 6.07) is 24.3. The van der Waals surface area contributed by atoms with E-state index in [1.165, 1.54) is 12.1 Å². The minimum atomic E-state index is -3.92. The number of aryl methyl sites for hydroxylation is 2. The van der Waals surface area contributed by atoms with Gasteiger partial charge in [0.05, 0.1) is 30.3 Å². The highest BCUT2D eigenvalue weighted by Gasteiger charge is 2.31. The minimum Gasteiger partial charge on any atom is -0.369 e. The largest absolute Gasteiger partial charge is 0.369 e. The summed E-state index contributed by atoms with van der Waals surface area (Å²) in [7, 11) is -3.92. The monoisotopic (exact) mass is 616 g/mol. The van der Waals surface area contributed by atoms with Crippen molar-refractivity contribution in [3.8, 4) is 0 Å². The van der Waals surface area contributed by atoms with E-state index in [0.717, 1.165) is 16.7 Å². The van der Waals surface area contributed by atoms with Crippen LogP contribution in [0.4, 0.5) is 0 Å². The number of morpholine rings is 1. The Labute approximate surface area is 257 Å². The number of benzene rings is 3. The summed E-state index contributed by atoms with van der Waals surface area (Å²) in [6.45, 7) is 3.41. The molecule has 2 heterocycles. The summed E-state index contributed by atoms with van der Waals surface area (Å²) in [5.41, 5.74) is 3.42. The van der Waals surface area contributed by atoms with Crippen molar-refractivity contribution in [3.05, 3.63) is 114 Å². The molecular formula is C32H36N6O5S. The number of aromatic nitrogens is 3. The smallest absolute Gasteiger partial charge is 0.249 e. The van der Waals surface area contributed by atoms with Gasteiger partial charge in [-0.2, -0.15) is 4.72 Å². The molecule has 230 valence electrons. The Morgan fingerprint density at radius 1 is 1.02 bits per heavy atom. The summed E-state index contributed by atoms with van der Waals surface area (Å²) < 4.78 is 35.9. The Balaban J connectivity index is 1.16. The molecule has 1 aromatic heterocycles. The van der Waals surface area contributed by atoms with Gasteiger partial charge in [-0.15, -0.1) is 5.10 Å². The second-order valence-corrected chi connectivity index (χ2v) is 12.5.